The predicted octanol–water partition coefficient (Wildman–Crippen LogP) is 1.08. The van der Waals surface area contributed by atoms with Gasteiger partial charge in [-0.05, 0) is 25.7 Å². The van der Waals surface area contributed by atoms with Crippen LogP contribution in [0.5, 0.6) is 0 Å². The largest absolute Gasteiger partial charge is 0.481 e. The number of urea groups is 1. The smallest absolute Gasteiger partial charge is 0.328 e. The minimum Gasteiger partial charge on any atom is -0.481 e. The first-order valence-electron chi connectivity index (χ1n) is 7.15. The summed E-state index contributed by atoms with van der Waals surface area (Å²) in [5, 5.41) is 11.7. The molecule has 0 aromatic heterocycles. The molecule has 2 N–H and O–H groups in total. The van der Waals surface area contributed by atoms with Gasteiger partial charge in [-0.2, -0.15) is 0 Å². The Bertz CT molecular complexity index is 410. The number of carboxylic acids is 1. The van der Waals surface area contributed by atoms with Crippen molar-refractivity contribution in [3.63, 3.8) is 0 Å². The van der Waals surface area contributed by atoms with Gasteiger partial charge in [0, 0.05) is 12.6 Å². The second kappa shape index (κ2) is 7.28. The van der Waals surface area contributed by atoms with Crippen molar-refractivity contribution in [1.29, 1.82) is 0 Å². The van der Waals surface area contributed by atoms with E-state index in [9.17, 15) is 14.4 Å². The number of hydrogen-bond donors (Lipinski definition) is 2. The third kappa shape index (κ3) is 4.34. The number of aliphatic carboxylic acids is 1. The molecule has 1 aliphatic rings. The van der Waals surface area contributed by atoms with Gasteiger partial charge in [0.2, 0.25) is 0 Å². The highest BCUT2D eigenvalue weighted by atomic mass is 16.5. The first-order chi connectivity index (χ1) is 9.77. The number of likely N-dealkylation sites (tertiary alicyclic amines) is 1. The fourth-order valence-electron chi connectivity index (χ4n) is 2.62. The van der Waals surface area contributed by atoms with Crippen molar-refractivity contribution in [2.75, 3.05) is 13.7 Å². The summed E-state index contributed by atoms with van der Waals surface area (Å²) < 4.78 is 4.70. The number of carboxylic acid groups (broad SMARTS) is 1. The zero-order chi connectivity index (χ0) is 16.2. The normalized spacial score (nSPS) is 23.0. The number of nitrogens with zero attached hydrogens (tertiary/aromatic N) is 1. The molecular weight excluding hydrogens is 276 g/mol. The van der Waals surface area contributed by atoms with Gasteiger partial charge in [0.1, 0.15) is 6.04 Å². The molecular formula is C14H24N2O5. The van der Waals surface area contributed by atoms with E-state index >= 15 is 0 Å². The number of nitrogens with one attached hydrogen (secondary N) is 1. The van der Waals surface area contributed by atoms with Gasteiger partial charge in [0.05, 0.1) is 13.0 Å². The summed E-state index contributed by atoms with van der Waals surface area (Å²) in [4.78, 5) is 36.5. The summed E-state index contributed by atoms with van der Waals surface area (Å²) in [6, 6.07) is -1.51. The molecule has 0 bridgehead atoms. The van der Waals surface area contributed by atoms with Crippen molar-refractivity contribution in [2.24, 2.45) is 11.8 Å². The van der Waals surface area contributed by atoms with Crippen molar-refractivity contribution in [3.05, 3.63) is 0 Å². The lowest BCUT2D eigenvalue weighted by Gasteiger charge is -2.26. The van der Waals surface area contributed by atoms with Crippen LogP contribution in [0.1, 0.15) is 33.6 Å². The van der Waals surface area contributed by atoms with Gasteiger partial charge >= 0.3 is 18.0 Å². The summed E-state index contributed by atoms with van der Waals surface area (Å²) in [7, 11) is 1.28. The number of rotatable bonds is 5. The molecule has 0 aromatic carbocycles. The molecule has 120 valence electrons. The van der Waals surface area contributed by atoms with Gasteiger partial charge < -0.3 is 20.1 Å². The standard InChI is InChI=1S/C14H24N2O5/c1-8(2)7-11(13(19)21-4)15-14(20)16-6-5-10(9(16)3)12(17)18/h8-11H,5-7H2,1-4H3,(H,15,20)(H,17,18). The van der Waals surface area contributed by atoms with Gasteiger partial charge in [0.15, 0.2) is 0 Å². The van der Waals surface area contributed by atoms with Crippen LogP contribution in [0.2, 0.25) is 0 Å². The number of hydrogen-bond acceptors (Lipinski definition) is 4. The van der Waals surface area contributed by atoms with E-state index in [2.05, 4.69) is 5.32 Å². The van der Waals surface area contributed by atoms with E-state index in [0.717, 1.165) is 0 Å². The fourth-order valence-corrected chi connectivity index (χ4v) is 2.62. The number of methoxy groups -OCH3 is 1. The minimum atomic E-state index is -0.899. The molecule has 1 saturated heterocycles. The maximum atomic E-state index is 12.3. The molecule has 7 nitrogen and oxygen atoms in total. The first kappa shape index (κ1) is 17.3. The second-order valence-corrected chi connectivity index (χ2v) is 5.82. The van der Waals surface area contributed by atoms with Crippen LogP contribution in [0.25, 0.3) is 0 Å². The molecule has 1 rings (SSSR count). The Hall–Kier alpha value is -1.79. The van der Waals surface area contributed by atoms with Crippen LogP contribution in [-0.4, -0.2) is 53.7 Å². The molecule has 0 radical (unpaired) electrons. The van der Waals surface area contributed by atoms with Crippen LogP contribution in [0.3, 0.4) is 0 Å². The minimum absolute atomic E-state index is 0.220. The van der Waals surface area contributed by atoms with E-state index in [1.165, 1.54) is 12.0 Å². The monoisotopic (exact) mass is 300 g/mol. The molecule has 0 saturated carbocycles. The SMILES string of the molecule is COC(=O)C(CC(C)C)NC(=O)N1CCC(C(=O)O)C1C. The lowest BCUT2D eigenvalue weighted by atomic mass is 10.0. The zero-order valence-corrected chi connectivity index (χ0v) is 13.0. The Kier molecular flexibility index (Phi) is 5.99. The number of esters is 1. The van der Waals surface area contributed by atoms with Gasteiger partial charge in [0.25, 0.3) is 0 Å². The molecule has 3 unspecified atom stereocenters. The van der Waals surface area contributed by atoms with Crippen LogP contribution in [0.15, 0.2) is 0 Å². The van der Waals surface area contributed by atoms with E-state index in [1.54, 1.807) is 6.92 Å². The average molecular weight is 300 g/mol. The van der Waals surface area contributed by atoms with Crippen LogP contribution in [0.4, 0.5) is 4.79 Å². The number of carbonyl (C=O) groups is 3. The van der Waals surface area contributed by atoms with Crippen molar-refractivity contribution < 1.29 is 24.2 Å². The lowest BCUT2D eigenvalue weighted by molar-refractivity contribution is -0.144. The summed E-state index contributed by atoms with van der Waals surface area (Å²) in [6.07, 6.45) is 0.903. The molecule has 0 spiro atoms. The van der Waals surface area contributed by atoms with Gasteiger partial charge in [-0.15, -0.1) is 0 Å². The topological polar surface area (TPSA) is 95.9 Å². The van der Waals surface area contributed by atoms with Gasteiger partial charge in [-0.3, -0.25) is 4.79 Å². The summed E-state index contributed by atoms with van der Waals surface area (Å²) in [5.41, 5.74) is 0. The van der Waals surface area contributed by atoms with Crippen molar-refractivity contribution in [3.8, 4) is 0 Å². The molecule has 3 atom stereocenters. The van der Waals surface area contributed by atoms with Crippen LogP contribution in [-0.2, 0) is 14.3 Å². The number of ether oxygens (including phenoxy) is 1. The summed E-state index contributed by atoms with van der Waals surface area (Å²) >= 11 is 0. The van der Waals surface area contributed by atoms with Crippen LogP contribution >= 0.6 is 0 Å². The molecule has 7 heteroatoms. The molecule has 1 heterocycles. The predicted molar refractivity (Wildman–Crippen MR) is 75.7 cm³/mol. The third-order valence-electron chi connectivity index (χ3n) is 3.82. The highest BCUT2D eigenvalue weighted by molar-refractivity contribution is 5.84. The Morgan fingerprint density at radius 1 is 1.38 bits per heavy atom. The highest BCUT2D eigenvalue weighted by Gasteiger charge is 2.39. The van der Waals surface area contributed by atoms with Gasteiger partial charge in [-0.25, -0.2) is 9.59 Å². The van der Waals surface area contributed by atoms with E-state index in [4.69, 9.17) is 9.84 Å². The second-order valence-electron chi connectivity index (χ2n) is 5.82. The summed E-state index contributed by atoms with van der Waals surface area (Å²) in [6.45, 7) is 5.97. The third-order valence-corrected chi connectivity index (χ3v) is 3.82. The van der Waals surface area contributed by atoms with Gasteiger partial charge in [-0.1, -0.05) is 13.8 Å². The number of carbonyl (C=O) groups excluding carboxylic acids is 2. The van der Waals surface area contributed by atoms with Crippen molar-refractivity contribution in [2.45, 2.75) is 45.7 Å². The van der Waals surface area contributed by atoms with E-state index in [0.29, 0.717) is 19.4 Å². The molecule has 2 amide bonds. The molecule has 0 aromatic rings. The fraction of sp³-hybridized carbons (Fsp3) is 0.786. The van der Waals surface area contributed by atoms with E-state index in [-0.39, 0.29) is 12.0 Å². The highest BCUT2D eigenvalue weighted by Crippen LogP contribution is 2.24. The maximum Gasteiger partial charge on any atom is 0.328 e. The van der Waals surface area contributed by atoms with E-state index < -0.39 is 29.9 Å². The quantitative estimate of drug-likeness (QED) is 0.741. The average Bonchev–Trinajstić information content (AvgIpc) is 2.78. The first-order valence-corrected chi connectivity index (χ1v) is 7.15. The molecule has 21 heavy (non-hydrogen) atoms. The maximum absolute atomic E-state index is 12.3. The Morgan fingerprint density at radius 2 is 2.00 bits per heavy atom. The van der Waals surface area contributed by atoms with Crippen LogP contribution < -0.4 is 5.32 Å². The zero-order valence-electron chi connectivity index (χ0n) is 13.0. The molecule has 1 aliphatic heterocycles. The van der Waals surface area contributed by atoms with Crippen molar-refractivity contribution >= 4 is 18.0 Å². The molecule has 1 fully saturated rings. The van der Waals surface area contributed by atoms with Crippen molar-refractivity contribution in [1.82, 2.24) is 10.2 Å². The van der Waals surface area contributed by atoms with Crippen LogP contribution in [0, 0.1) is 11.8 Å². The molecule has 0 aliphatic carbocycles. The Labute approximate surface area is 124 Å². The Balaban J connectivity index is 2.70. The Morgan fingerprint density at radius 3 is 2.43 bits per heavy atom. The lowest BCUT2D eigenvalue weighted by Crippen LogP contribution is -2.50. The summed E-state index contributed by atoms with van der Waals surface area (Å²) in [5.74, 6) is -1.72. The van der Waals surface area contributed by atoms with E-state index in [1.807, 2.05) is 13.8 Å². The number of amides is 2.